The summed E-state index contributed by atoms with van der Waals surface area (Å²) >= 11 is 0. The van der Waals surface area contributed by atoms with Crippen LogP contribution in [0.2, 0.25) is 0 Å². The van der Waals surface area contributed by atoms with Crippen LogP contribution in [-0.4, -0.2) is 62.2 Å². The molecule has 1 aromatic heterocycles. The highest BCUT2D eigenvalue weighted by atomic mass is 16.6. The van der Waals surface area contributed by atoms with Gasteiger partial charge in [-0.3, -0.25) is 9.78 Å². The summed E-state index contributed by atoms with van der Waals surface area (Å²) in [4.78, 5) is 21.8. The lowest BCUT2D eigenvalue weighted by atomic mass is 9.99. The molecule has 170 valence electrons. The number of hydrogen-bond acceptors (Lipinski definition) is 6. The van der Waals surface area contributed by atoms with Crippen LogP contribution < -0.4 is 19.7 Å². The predicted molar refractivity (Wildman–Crippen MR) is 130 cm³/mol. The lowest BCUT2D eigenvalue weighted by Gasteiger charge is -2.36. The Bertz CT molecular complexity index is 1160. The van der Waals surface area contributed by atoms with Gasteiger partial charge in [-0.2, -0.15) is 0 Å². The molecular formula is C26H28N4O3. The maximum absolute atomic E-state index is 13.1. The van der Waals surface area contributed by atoms with Crippen molar-refractivity contribution in [1.29, 1.82) is 0 Å². The third kappa shape index (κ3) is 4.50. The van der Waals surface area contributed by atoms with Gasteiger partial charge in [0.25, 0.3) is 5.91 Å². The Hall–Kier alpha value is -3.58. The van der Waals surface area contributed by atoms with E-state index in [-0.39, 0.29) is 5.91 Å². The molecule has 1 saturated heterocycles. The van der Waals surface area contributed by atoms with E-state index in [1.54, 1.807) is 12.4 Å². The molecule has 3 heterocycles. The average Bonchev–Trinajstić information content (AvgIpc) is 2.84. The van der Waals surface area contributed by atoms with Gasteiger partial charge in [-0.25, -0.2) is 0 Å². The number of pyridine rings is 1. The van der Waals surface area contributed by atoms with Gasteiger partial charge in [0.1, 0.15) is 13.2 Å². The zero-order valence-electron chi connectivity index (χ0n) is 19.0. The van der Waals surface area contributed by atoms with Gasteiger partial charge in [-0.1, -0.05) is 6.07 Å². The number of nitrogens with one attached hydrogen (secondary N) is 1. The van der Waals surface area contributed by atoms with E-state index in [1.807, 2.05) is 49.4 Å². The number of rotatable bonds is 4. The molecule has 7 nitrogen and oxygen atoms in total. The zero-order valence-corrected chi connectivity index (χ0v) is 19.0. The lowest BCUT2D eigenvalue weighted by Crippen LogP contribution is -2.44. The molecule has 1 N–H and O–H groups in total. The monoisotopic (exact) mass is 444 g/mol. The number of likely N-dealkylation sites (N-methyl/N-ethyl adjacent to an activating group) is 1. The topological polar surface area (TPSA) is 66.9 Å². The first-order valence-electron chi connectivity index (χ1n) is 11.3. The maximum Gasteiger partial charge on any atom is 0.255 e. The smallest absolute Gasteiger partial charge is 0.255 e. The second-order valence-corrected chi connectivity index (χ2v) is 8.53. The molecule has 0 saturated carbocycles. The van der Waals surface area contributed by atoms with Crippen LogP contribution in [0.25, 0.3) is 11.1 Å². The maximum atomic E-state index is 13.1. The molecule has 33 heavy (non-hydrogen) atoms. The largest absolute Gasteiger partial charge is 0.486 e. The fourth-order valence-electron chi connectivity index (χ4n) is 4.35. The van der Waals surface area contributed by atoms with Crippen LogP contribution in [-0.2, 0) is 0 Å². The van der Waals surface area contributed by atoms with E-state index in [4.69, 9.17) is 9.47 Å². The number of anilines is 2. The number of amides is 1. The Labute approximate surface area is 193 Å². The van der Waals surface area contributed by atoms with Crippen LogP contribution in [0.4, 0.5) is 11.4 Å². The fourth-order valence-corrected chi connectivity index (χ4v) is 4.35. The van der Waals surface area contributed by atoms with E-state index in [2.05, 4.69) is 27.1 Å². The molecule has 5 rings (SSSR count). The Morgan fingerprint density at radius 2 is 1.73 bits per heavy atom. The van der Waals surface area contributed by atoms with Gasteiger partial charge in [-0.05, 0) is 61.0 Å². The number of fused-ring (bicyclic) bond motifs is 1. The number of nitrogens with zero attached hydrogens (tertiary/aromatic N) is 3. The molecule has 2 aromatic carbocycles. The van der Waals surface area contributed by atoms with Gasteiger partial charge in [0.15, 0.2) is 11.5 Å². The second-order valence-electron chi connectivity index (χ2n) is 8.53. The van der Waals surface area contributed by atoms with Gasteiger partial charge in [0, 0.05) is 55.9 Å². The van der Waals surface area contributed by atoms with Crippen molar-refractivity contribution in [2.45, 2.75) is 6.92 Å². The molecule has 7 heteroatoms. The first-order chi connectivity index (χ1) is 16.1. The van der Waals surface area contributed by atoms with Crippen LogP contribution in [0.15, 0.2) is 54.9 Å². The zero-order chi connectivity index (χ0) is 22.8. The van der Waals surface area contributed by atoms with Crippen molar-refractivity contribution in [3.8, 4) is 22.6 Å². The van der Waals surface area contributed by atoms with Crippen molar-refractivity contribution in [2.75, 3.05) is 56.7 Å². The third-order valence-electron chi connectivity index (χ3n) is 6.20. The van der Waals surface area contributed by atoms with Crippen LogP contribution in [0.1, 0.15) is 15.9 Å². The number of carbonyl (C=O) groups is 1. The number of aromatic nitrogens is 1. The molecule has 2 aliphatic heterocycles. The molecule has 3 aromatic rings. The highest BCUT2D eigenvalue weighted by Crippen LogP contribution is 2.43. The summed E-state index contributed by atoms with van der Waals surface area (Å²) < 4.78 is 11.8. The van der Waals surface area contributed by atoms with Crippen molar-refractivity contribution in [3.63, 3.8) is 0 Å². The minimum Gasteiger partial charge on any atom is -0.486 e. The number of piperazine rings is 1. The number of hydrogen-bond donors (Lipinski definition) is 1. The van der Waals surface area contributed by atoms with Crippen molar-refractivity contribution < 1.29 is 14.3 Å². The molecule has 0 aliphatic carbocycles. The summed E-state index contributed by atoms with van der Waals surface area (Å²) in [5.41, 5.74) is 5.49. The van der Waals surface area contributed by atoms with Gasteiger partial charge in [0.05, 0.1) is 5.69 Å². The van der Waals surface area contributed by atoms with E-state index in [1.165, 1.54) is 0 Å². The molecule has 0 bridgehead atoms. The number of aryl methyl sites for hydroxylation is 1. The van der Waals surface area contributed by atoms with E-state index < -0.39 is 0 Å². The summed E-state index contributed by atoms with van der Waals surface area (Å²) in [6.07, 6.45) is 3.55. The summed E-state index contributed by atoms with van der Waals surface area (Å²) in [5.74, 6) is 1.29. The van der Waals surface area contributed by atoms with Gasteiger partial charge in [0.2, 0.25) is 0 Å². The van der Waals surface area contributed by atoms with Crippen molar-refractivity contribution >= 4 is 17.3 Å². The highest BCUT2D eigenvalue weighted by molar-refractivity contribution is 6.05. The standard InChI is InChI=1S/C26H28N4O3/c1-18-15-20(3-4-22(18)19-5-7-27-8-6-19)26(31)28-21-16-23(30-11-9-29(2)10-12-30)25-24(17-21)32-13-14-33-25/h3-8,15-17H,9-14H2,1-2H3,(H,28,31). The van der Waals surface area contributed by atoms with Crippen LogP contribution >= 0.6 is 0 Å². The first kappa shape index (κ1) is 21.3. The molecule has 0 atom stereocenters. The Balaban J connectivity index is 1.40. The van der Waals surface area contributed by atoms with Gasteiger partial charge in [-0.15, -0.1) is 0 Å². The average molecular weight is 445 g/mol. The second kappa shape index (κ2) is 9.11. The first-order valence-corrected chi connectivity index (χ1v) is 11.3. The normalized spacial score (nSPS) is 15.9. The van der Waals surface area contributed by atoms with Crippen molar-refractivity contribution in [2.24, 2.45) is 0 Å². The molecule has 2 aliphatic rings. The highest BCUT2D eigenvalue weighted by Gasteiger charge is 2.24. The molecule has 0 radical (unpaired) electrons. The fraction of sp³-hybridized carbons (Fsp3) is 0.308. The van der Waals surface area contributed by atoms with Crippen LogP contribution in [0.5, 0.6) is 11.5 Å². The lowest BCUT2D eigenvalue weighted by molar-refractivity contribution is 0.102. The molecule has 1 amide bonds. The summed E-state index contributed by atoms with van der Waals surface area (Å²) in [5, 5.41) is 3.06. The van der Waals surface area contributed by atoms with Gasteiger partial charge < -0.3 is 24.6 Å². The third-order valence-corrected chi connectivity index (χ3v) is 6.20. The minimum absolute atomic E-state index is 0.152. The van der Waals surface area contributed by atoms with E-state index in [0.717, 1.165) is 54.3 Å². The summed E-state index contributed by atoms with van der Waals surface area (Å²) in [7, 11) is 2.13. The summed E-state index contributed by atoms with van der Waals surface area (Å²) in [6, 6.07) is 13.6. The molecular weight excluding hydrogens is 416 g/mol. The van der Waals surface area contributed by atoms with Crippen LogP contribution in [0, 0.1) is 6.92 Å². The SMILES string of the molecule is Cc1cc(C(=O)Nc2cc3c(c(N4CCN(C)CC4)c2)OCCO3)ccc1-c1ccncc1. The number of ether oxygens (including phenoxy) is 2. The van der Waals surface area contributed by atoms with Crippen LogP contribution in [0.3, 0.4) is 0 Å². The van der Waals surface area contributed by atoms with E-state index >= 15 is 0 Å². The summed E-state index contributed by atoms with van der Waals surface area (Å²) in [6.45, 7) is 6.82. The Morgan fingerprint density at radius 1 is 0.970 bits per heavy atom. The molecule has 1 fully saturated rings. The van der Waals surface area contributed by atoms with E-state index in [0.29, 0.717) is 30.2 Å². The minimum atomic E-state index is -0.152. The molecule has 0 unspecified atom stereocenters. The quantitative estimate of drug-likeness (QED) is 0.660. The Kier molecular flexibility index (Phi) is 5.88. The number of benzene rings is 2. The van der Waals surface area contributed by atoms with E-state index in [9.17, 15) is 4.79 Å². The van der Waals surface area contributed by atoms with Gasteiger partial charge >= 0.3 is 0 Å². The Morgan fingerprint density at radius 3 is 2.48 bits per heavy atom. The molecule has 0 spiro atoms. The number of carbonyl (C=O) groups excluding carboxylic acids is 1. The van der Waals surface area contributed by atoms with Crippen molar-refractivity contribution in [1.82, 2.24) is 9.88 Å². The predicted octanol–water partition coefficient (Wildman–Crippen LogP) is 3.83. The van der Waals surface area contributed by atoms with Crippen molar-refractivity contribution in [3.05, 3.63) is 66.0 Å².